The number of ether oxygens (including phenoxy) is 1. The number of aromatic carboxylic acids is 1. The van der Waals surface area contributed by atoms with Crippen molar-refractivity contribution in [2.24, 2.45) is 0 Å². The molecule has 0 radical (unpaired) electrons. The fourth-order valence-corrected chi connectivity index (χ4v) is 1.69. The van der Waals surface area contributed by atoms with Gasteiger partial charge in [0.2, 0.25) is 5.75 Å². The molecule has 15 heavy (non-hydrogen) atoms. The van der Waals surface area contributed by atoms with Gasteiger partial charge in [0.1, 0.15) is 5.56 Å². The fourth-order valence-electron chi connectivity index (χ4n) is 1.09. The number of methoxy groups -OCH3 is 1. The number of rotatable bonds is 3. The Morgan fingerprint density at radius 3 is 2.60 bits per heavy atom. The summed E-state index contributed by atoms with van der Waals surface area (Å²) in [7, 11) is 1.20. The summed E-state index contributed by atoms with van der Waals surface area (Å²) in [5, 5.41) is 19.5. The molecule has 7 heteroatoms. The Kier molecular flexibility index (Phi) is 3.45. The van der Waals surface area contributed by atoms with E-state index in [-0.39, 0.29) is 17.0 Å². The molecule has 0 bridgehead atoms. The molecule has 0 saturated heterocycles. The van der Waals surface area contributed by atoms with Crippen LogP contribution in [0.5, 0.6) is 5.75 Å². The second-order valence-corrected chi connectivity index (χ2v) is 3.81. The van der Waals surface area contributed by atoms with Gasteiger partial charge in [0, 0.05) is 9.64 Å². The number of nitro groups is 1. The predicted octanol–water partition coefficient (Wildman–Crippen LogP) is 1.91. The summed E-state index contributed by atoms with van der Waals surface area (Å²) in [4.78, 5) is 20.8. The molecule has 0 aromatic heterocycles. The number of halogens is 1. The molecule has 1 N–H and O–H groups in total. The van der Waals surface area contributed by atoms with Gasteiger partial charge >= 0.3 is 11.7 Å². The van der Waals surface area contributed by atoms with Crippen molar-refractivity contribution in [1.82, 2.24) is 0 Å². The van der Waals surface area contributed by atoms with Crippen LogP contribution in [0.3, 0.4) is 0 Å². The summed E-state index contributed by atoms with van der Waals surface area (Å²) in [5.74, 6) is -1.48. The van der Waals surface area contributed by atoms with Crippen LogP contribution in [0, 0.1) is 13.7 Å². The van der Waals surface area contributed by atoms with Crippen molar-refractivity contribution in [3.8, 4) is 5.75 Å². The van der Waals surface area contributed by atoms with Gasteiger partial charge in [-0.3, -0.25) is 10.1 Å². The van der Waals surface area contributed by atoms with Crippen LogP contribution in [-0.2, 0) is 0 Å². The van der Waals surface area contributed by atoms with Gasteiger partial charge in [-0.25, -0.2) is 4.79 Å². The Morgan fingerprint density at radius 1 is 1.60 bits per heavy atom. The van der Waals surface area contributed by atoms with Crippen LogP contribution in [0.15, 0.2) is 12.1 Å². The third-order valence-electron chi connectivity index (χ3n) is 1.67. The quantitative estimate of drug-likeness (QED) is 0.521. The van der Waals surface area contributed by atoms with Crippen LogP contribution >= 0.6 is 22.6 Å². The first-order valence-corrected chi connectivity index (χ1v) is 4.80. The van der Waals surface area contributed by atoms with Gasteiger partial charge < -0.3 is 9.84 Å². The Hall–Kier alpha value is -1.38. The maximum atomic E-state index is 10.8. The van der Waals surface area contributed by atoms with Gasteiger partial charge in [-0.15, -0.1) is 0 Å². The molecule has 0 atom stereocenters. The number of hydrogen-bond acceptors (Lipinski definition) is 4. The molecule has 0 aliphatic rings. The number of benzene rings is 1. The van der Waals surface area contributed by atoms with Gasteiger partial charge in [-0.05, 0) is 28.7 Å². The SMILES string of the molecule is COc1c(C(=O)O)cc(I)cc1[N+](=O)[O-]. The molecule has 0 fully saturated rings. The summed E-state index contributed by atoms with van der Waals surface area (Å²) in [6, 6.07) is 2.57. The van der Waals surface area contributed by atoms with Crippen LogP contribution in [-0.4, -0.2) is 23.1 Å². The van der Waals surface area contributed by atoms with E-state index in [2.05, 4.69) is 0 Å². The topological polar surface area (TPSA) is 89.7 Å². The first-order valence-electron chi connectivity index (χ1n) is 3.72. The van der Waals surface area contributed by atoms with E-state index >= 15 is 0 Å². The van der Waals surface area contributed by atoms with Gasteiger partial charge in [0.15, 0.2) is 0 Å². The zero-order valence-electron chi connectivity index (χ0n) is 7.56. The lowest BCUT2D eigenvalue weighted by Gasteiger charge is -2.05. The number of nitrogens with zero attached hydrogens (tertiary/aromatic N) is 1. The summed E-state index contributed by atoms with van der Waals surface area (Å²) >= 11 is 1.81. The van der Waals surface area contributed by atoms with Crippen molar-refractivity contribution in [2.45, 2.75) is 0 Å². The maximum absolute atomic E-state index is 10.8. The Labute approximate surface area is 98.1 Å². The van der Waals surface area contributed by atoms with E-state index in [9.17, 15) is 14.9 Å². The molecule has 0 amide bonds. The fraction of sp³-hybridized carbons (Fsp3) is 0.125. The molecule has 80 valence electrons. The average molecular weight is 323 g/mol. The van der Waals surface area contributed by atoms with Gasteiger partial charge in [-0.2, -0.15) is 0 Å². The van der Waals surface area contributed by atoms with Gasteiger partial charge in [-0.1, -0.05) is 0 Å². The van der Waals surface area contributed by atoms with Crippen LogP contribution < -0.4 is 4.74 Å². The van der Waals surface area contributed by atoms with Crippen LogP contribution in [0.1, 0.15) is 10.4 Å². The highest BCUT2D eigenvalue weighted by molar-refractivity contribution is 14.1. The van der Waals surface area contributed by atoms with Gasteiger partial charge in [0.25, 0.3) is 0 Å². The normalized spacial score (nSPS) is 9.73. The van der Waals surface area contributed by atoms with E-state index < -0.39 is 10.9 Å². The first kappa shape index (κ1) is 11.7. The molecule has 0 saturated carbocycles. The lowest BCUT2D eigenvalue weighted by molar-refractivity contribution is -0.385. The minimum Gasteiger partial charge on any atom is -0.490 e. The third-order valence-corrected chi connectivity index (χ3v) is 2.29. The molecule has 0 unspecified atom stereocenters. The minimum atomic E-state index is -1.26. The van der Waals surface area contributed by atoms with E-state index in [0.29, 0.717) is 3.57 Å². The lowest BCUT2D eigenvalue weighted by Crippen LogP contribution is -2.04. The third kappa shape index (κ3) is 2.35. The summed E-state index contributed by atoms with van der Waals surface area (Å²) < 4.78 is 5.20. The Morgan fingerprint density at radius 2 is 2.20 bits per heavy atom. The highest BCUT2D eigenvalue weighted by atomic mass is 127. The Bertz CT molecular complexity index is 396. The molecule has 0 aliphatic carbocycles. The number of hydrogen-bond donors (Lipinski definition) is 1. The largest absolute Gasteiger partial charge is 0.490 e. The number of carboxylic acid groups (broad SMARTS) is 1. The number of carboxylic acids is 1. The van der Waals surface area contributed by atoms with Crippen molar-refractivity contribution < 1.29 is 19.6 Å². The van der Waals surface area contributed by atoms with Crippen molar-refractivity contribution in [1.29, 1.82) is 0 Å². The average Bonchev–Trinajstić information content (AvgIpc) is 2.16. The van der Waals surface area contributed by atoms with Crippen molar-refractivity contribution >= 4 is 34.2 Å². The zero-order chi connectivity index (χ0) is 11.6. The van der Waals surface area contributed by atoms with E-state index in [1.807, 2.05) is 22.6 Å². The maximum Gasteiger partial charge on any atom is 0.339 e. The molecule has 1 aromatic carbocycles. The van der Waals surface area contributed by atoms with Crippen molar-refractivity contribution in [3.63, 3.8) is 0 Å². The molecule has 1 aromatic rings. The van der Waals surface area contributed by atoms with E-state index in [1.54, 1.807) is 0 Å². The standard InChI is InChI=1S/C8H6INO5/c1-15-7-5(8(11)12)2-4(9)3-6(7)10(13)14/h2-3H,1H3,(H,11,12). The molecule has 0 spiro atoms. The minimum absolute atomic E-state index is 0.212. The lowest BCUT2D eigenvalue weighted by atomic mass is 10.2. The Balaban J connectivity index is 3.52. The summed E-state index contributed by atoms with van der Waals surface area (Å²) in [5.41, 5.74) is -0.557. The highest BCUT2D eigenvalue weighted by Gasteiger charge is 2.23. The molecular weight excluding hydrogens is 317 g/mol. The van der Waals surface area contributed by atoms with E-state index in [0.717, 1.165) is 0 Å². The van der Waals surface area contributed by atoms with Crippen LogP contribution in [0.25, 0.3) is 0 Å². The van der Waals surface area contributed by atoms with Crippen LogP contribution in [0.2, 0.25) is 0 Å². The van der Waals surface area contributed by atoms with E-state index in [4.69, 9.17) is 9.84 Å². The summed E-state index contributed by atoms with van der Waals surface area (Å²) in [6.45, 7) is 0. The zero-order valence-corrected chi connectivity index (χ0v) is 9.72. The van der Waals surface area contributed by atoms with E-state index in [1.165, 1.54) is 19.2 Å². The second-order valence-electron chi connectivity index (χ2n) is 2.57. The van der Waals surface area contributed by atoms with Crippen molar-refractivity contribution in [3.05, 3.63) is 31.4 Å². The second kappa shape index (κ2) is 4.43. The number of nitro benzene ring substituents is 1. The molecule has 0 aliphatic heterocycles. The highest BCUT2D eigenvalue weighted by Crippen LogP contribution is 2.32. The monoisotopic (exact) mass is 323 g/mol. The van der Waals surface area contributed by atoms with Crippen molar-refractivity contribution in [2.75, 3.05) is 7.11 Å². The van der Waals surface area contributed by atoms with Gasteiger partial charge in [0.05, 0.1) is 12.0 Å². The summed E-state index contributed by atoms with van der Waals surface area (Å²) in [6.07, 6.45) is 0. The smallest absolute Gasteiger partial charge is 0.339 e. The predicted molar refractivity (Wildman–Crippen MR) is 59.3 cm³/mol. The molecular formula is C8H6INO5. The molecule has 1 rings (SSSR count). The van der Waals surface area contributed by atoms with Crippen LogP contribution in [0.4, 0.5) is 5.69 Å². The first-order chi connectivity index (χ1) is 6.97. The molecule has 0 heterocycles. The number of carbonyl (C=O) groups is 1. The molecule has 6 nitrogen and oxygen atoms in total.